The molecular formula is C26H24FN5O2. The molecule has 2 aromatic heterocycles. The molecule has 34 heavy (non-hydrogen) atoms. The number of pyridine rings is 1. The van der Waals surface area contributed by atoms with Crippen molar-refractivity contribution in [3.63, 3.8) is 0 Å². The molecule has 0 bridgehead atoms. The minimum absolute atomic E-state index is 0.0618. The van der Waals surface area contributed by atoms with Gasteiger partial charge in [0.25, 0.3) is 0 Å². The Morgan fingerprint density at radius 3 is 2.47 bits per heavy atom. The van der Waals surface area contributed by atoms with Gasteiger partial charge in [-0.05, 0) is 35.9 Å². The maximum Gasteiger partial charge on any atom is 0.219 e. The number of hydrogen-bond donors (Lipinski definition) is 0. The number of halogens is 1. The second-order valence-corrected chi connectivity index (χ2v) is 8.16. The molecule has 1 fully saturated rings. The molecule has 3 heterocycles. The number of carbonyl (C=O) groups is 1. The molecule has 0 N–H and O–H groups in total. The third kappa shape index (κ3) is 4.03. The summed E-state index contributed by atoms with van der Waals surface area (Å²) in [5.41, 5.74) is 2.59. The fourth-order valence-electron chi connectivity index (χ4n) is 4.29. The topological polar surface area (TPSA) is 71.5 Å². The first-order valence-corrected chi connectivity index (χ1v) is 11.1. The van der Waals surface area contributed by atoms with Crippen LogP contribution in [-0.2, 0) is 4.79 Å². The summed E-state index contributed by atoms with van der Waals surface area (Å²) < 4.78 is 20.4. The van der Waals surface area contributed by atoms with Crippen LogP contribution in [0.5, 0.6) is 5.75 Å². The lowest BCUT2D eigenvalue weighted by Crippen LogP contribution is -2.48. The number of anilines is 1. The summed E-state index contributed by atoms with van der Waals surface area (Å²) >= 11 is 0. The molecule has 5 rings (SSSR count). The fourth-order valence-corrected chi connectivity index (χ4v) is 4.29. The molecule has 0 atom stereocenters. The largest absolute Gasteiger partial charge is 0.494 e. The van der Waals surface area contributed by atoms with Crippen molar-refractivity contribution in [3.8, 4) is 28.3 Å². The van der Waals surface area contributed by atoms with E-state index in [1.54, 1.807) is 50.7 Å². The Morgan fingerprint density at radius 1 is 1.00 bits per heavy atom. The number of methoxy groups -OCH3 is 1. The molecule has 1 amide bonds. The zero-order valence-corrected chi connectivity index (χ0v) is 19.0. The van der Waals surface area contributed by atoms with Gasteiger partial charge in [0.05, 0.1) is 7.11 Å². The molecule has 1 aliphatic heterocycles. The lowest BCUT2D eigenvalue weighted by Gasteiger charge is -2.35. The average Bonchev–Trinajstić information content (AvgIpc) is 2.88. The maximum absolute atomic E-state index is 14.6. The molecule has 1 saturated heterocycles. The van der Waals surface area contributed by atoms with Gasteiger partial charge in [0, 0.05) is 62.0 Å². The van der Waals surface area contributed by atoms with Crippen LogP contribution in [0, 0.1) is 5.82 Å². The van der Waals surface area contributed by atoms with Gasteiger partial charge in [0.15, 0.2) is 5.82 Å². The van der Waals surface area contributed by atoms with Crippen LogP contribution in [0.25, 0.3) is 33.4 Å². The smallest absolute Gasteiger partial charge is 0.219 e. The molecule has 7 nitrogen and oxygen atoms in total. The number of ether oxygens (including phenoxy) is 1. The molecule has 172 valence electrons. The zero-order valence-electron chi connectivity index (χ0n) is 19.0. The van der Waals surface area contributed by atoms with Gasteiger partial charge in [-0.15, -0.1) is 0 Å². The first-order valence-electron chi connectivity index (χ1n) is 11.1. The Bertz CT molecular complexity index is 1350. The first kappa shape index (κ1) is 21.8. The minimum Gasteiger partial charge on any atom is -0.494 e. The van der Waals surface area contributed by atoms with E-state index in [4.69, 9.17) is 14.7 Å². The Hall–Kier alpha value is -4.07. The van der Waals surface area contributed by atoms with E-state index in [1.165, 1.54) is 6.07 Å². The second kappa shape index (κ2) is 9.05. The van der Waals surface area contributed by atoms with Crippen LogP contribution in [0.4, 0.5) is 10.2 Å². The van der Waals surface area contributed by atoms with Crippen molar-refractivity contribution < 1.29 is 13.9 Å². The maximum atomic E-state index is 14.6. The normalized spacial score (nSPS) is 13.9. The van der Waals surface area contributed by atoms with Crippen molar-refractivity contribution in [2.24, 2.45) is 0 Å². The van der Waals surface area contributed by atoms with Gasteiger partial charge in [-0.1, -0.05) is 18.2 Å². The summed E-state index contributed by atoms with van der Waals surface area (Å²) in [6.07, 6.45) is 3.42. The number of hydrogen-bond acceptors (Lipinski definition) is 6. The molecule has 2 aromatic carbocycles. The van der Waals surface area contributed by atoms with Crippen molar-refractivity contribution in [3.05, 3.63) is 66.7 Å². The third-order valence-corrected chi connectivity index (χ3v) is 6.09. The number of amides is 1. The molecule has 0 saturated carbocycles. The number of benzene rings is 2. The monoisotopic (exact) mass is 457 g/mol. The van der Waals surface area contributed by atoms with Crippen LogP contribution in [0.2, 0.25) is 0 Å². The van der Waals surface area contributed by atoms with E-state index in [0.29, 0.717) is 54.4 Å². The number of nitrogens with zero attached hydrogens (tertiary/aromatic N) is 5. The zero-order chi connectivity index (χ0) is 23.7. The van der Waals surface area contributed by atoms with Gasteiger partial charge < -0.3 is 14.5 Å². The summed E-state index contributed by atoms with van der Waals surface area (Å²) in [7, 11) is 1.58. The van der Waals surface area contributed by atoms with E-state index in [-0.39, 0.29) is 11.7 Å². The molecule has 0 unspecified atom stereocenters. The SMILES string of the molecule is COc1cc(-c2ccccc2F)cc2c(N3CCN(C(C)=O)CC3)nc(-c3cccnc3)nc12. The van der Waals surface area contributed by atoms with Gasteiger partial charge in [-0.3, -0.25) is 9.78 Å². The predicted octanol–water partition coefficient (Wildman–Crippen LogP) is 4.18. The summed E-state index contributed by atoms with van der Waals surface area (Å²) in [5.74, 6) is 1.54. The Balaban J connectivity index is 1.71. The molecule has 0 aliphatic carbocycles. The van der Waals surface area contributed by atoms with Gasteiger partial charge >= 0.3 is 0 Å². The van der Waals surface area contributed by atoms with Crippen LogP contribution in [0.1, 0.15) is 6.92 Å². The van der Waals surface area contributed by atoms with Gasteiger partial charge in [0.1, 0.15) is 22.9 Å². The quantitative estimate of drug-likeness (QED) is 0.458. The Morgan fingerprint density at radius 2 is 1.79 bits per heavy atom. The summed E-state index contributed by atoms with van der Waals surface area (Å²) in [5, 5.41) is 0.765. The van der Waals surface area contributed by atoms with E-state index in [2.05, 4.69) is 9.88 Å². The van der Waals surface area contributed by atoms with Crippen molar-refractivity contribution in [1.82, 2.24) is 19.9 Å². The standard InChI is InChI=1S/C26H24FN5O2/c1-17(33)31-10-12-32(13-11-31)26-21-14-19(20-7-3-4-8-22(20)27)15-23(34-2)24(21)29-25(30-26)18-6-5-9-28-16-18/h3-9,14-16H,10-13H2,1-2H3. The molecule has 8 heteroatoms. The predicted molar refractivity (Wildman–Crippen MR) is 129 cm³/mol. The van der Waals surface area contributed by atoms with Gasteiger partial charge in [-0.2, -0.15) is 0 Å². The molecule has 0 radical (unpaired) electrons. The average molecular weight is 458 g/mol. The van der Waals surface area contributed by atoms with Crippen LogP contribution in [-0.4, -0.2) is 59.0 Å². The van der Waals surface area contributed by atoms with Crippen LogP contribution in [0.15, 0.2) is 60.9 Å². The summed E-state index contributed by atoms with van der Waals surface area (Å²) in [6, 6.07) is 14.1. The van der Waals surface area contributed by atoms with Crippen LogP contribution in [0.3, 0.4) is 0 Å². The van der Waals surface area contributed by atoms with Crippen molar-refractivity contribution in [2.75, 3.05) is 38.2 Å². The highest BCUT2D eigenvalue weighted by atomic mass is 19.1. The number of fused-ring (bicyclic) bond motifs is 1. The molecule has 4 aromatic rings. The van der Waals surface area contributed by atoms with Crippen LogP contribution < -0.4 is 9.64 Å². The minimum atomic E-state index is -0.312. The number of carbonyl (C=O) groups excluding carboxylic acids is 1. The number of piperazine rings is 1. The van der Waals surface area contributed by atoms with Crippen LogP contribution >= 0.6 is 0 Å². The highest BCUT2D eigenvalue weighted by molar-refractivity contribution is 5.98. The van der Waals surface area contributed by atoms with E-state index in [1.807, 2.05) is 23.1 Å². The number of aromatic nitrogens is 3. The fraction of sp³-hybridized carbons (Fsp3) is 0.231. The lowest BCUT2D eigenvalue weighted by molar-refractivity contribution is -0.129. The van der Waals surface area contributed by atoms with E-state index in [9.17, 15) is 9.18 Å². The lowest BCUT2D eigenvalue weighted by atomic mass is 10.0. The summed E-state index contributed by atoms with van der Waals surface area (Å²) in [6.45, 7) is 4.05. The van der Waals surface area contributed by atoms with Gasteiger partial charge in [-0.25, -0.2) is 14.4 Å². The van der Waals surface area contributed by atoms with Crippen molar-refractivity contribution in [2.45, 2.75) is 6.92 Å². The molecular weight excluding hydrogens is 433 g/mol. The van der Waals surface area contributed by atoms with Crippen molar-refractivity contribution >= 4 is 22.6 Å². The Labute approximate surface area is 196 Å². The highest BCUT2D eigenvalue weighted by Crippen LogP contribution is 2.38. The molecule has 1 aliphatic rings. The third-order valence-electron chi connectivity index (χ3n) is 6.09. The summed E-state index contributed by atoms with van der Waals surface area (Å²) in [4.78, 5) is 29.7. The van der Waals surface area contributed by atoms with Crippen molar-refractivity contribution in [1.29, 1.82) is 0 Å². The highest BCUT2D eigenvalue weighted by Gasteiger charge is 2.24. The Kier molecular flexibility index (Phi) is 5.79. The van der Waals surface area contributed by atoms with E-state index >= 15 is 0 Å². The molecule has 0 spiro atoms. The first-order chi connectivity index (χ1) is 16.5. The second-order valence-electron chi connectivity index (χ2n) is 8.16. The van der Waals surface area contributed by atoms with Gasteiger partial charge in [0.2, 0.25) is 5.91 Å². The van der Waals surface area contributed by atoms with E-state index in [0.717, 1.165) is 16.8 Å². The van der Waals surface area contributed by atoms with E-state index < -0.39 is 0 Å². The number of rotatable bonds is 4.